The van der Waals surface area contributed by atoms with Crippen LogP contribution in [0.1, 0.15) is 25.7 Å². The minimum absolute atomic E-state index is 0.00603. The summed E-state index contributed by atoms with van der Waals surface area (Å²) in [6.07, 6.45) is 10.8. The average molecular weight is 377 g/mol. The molecule has 2 fully saturated rings. The number of aromatic amines is 1. The van der Waals surface area contributed by atoms with Crippen LogP contribution in [0.15, 0.2) is 41.6 Å². The molecule has 0 aliphatic carbocycles. The Morgan fingerprint density at radius 1 is 1.07 bits per heavy atom. The topological polar surface area (TPSA) is 66.0 Å². The van der Waals surface area contributed by atoms with Crippen LogP contribution in [0.25, 0.3) is 22.0 Å². The Kier molecular flexibility index (Phi) is 4.23. The van der Waals surface area contributed by atoms with E-state index in [1.54, 1.807) is 11.6 Å². The number of nitrogens with one attached hydrogen (secondary N) is 2. The molecule has 2 aliphatic rings. The van der Waals surface area contributed by atoms with Crippen LogP contribution in [0.4, 0.5) is 5.82 Å². The van der Waals surface area contributed by atoms with E-state index < -0.39 is 0 Å². The minimum atomic E-state index is -0.00603. The maximum absolute atomic E-state index is 12.3. The molecule has 2 aliphatic heterocycles. The summed E-state index contributed by atoms with van der Waals surface area (Å²) in [5.41, 5.74) is 3.26. The number of pyridine rings is 2. The maximum Gasteiger partial charge on any atom is 0.274 e. The number of anilines is 1. The molecule has 3 aromatic heterocycles. The van der Waals surface area contributed by atoms with Crippen molar-refractivity contribution < 1.29 is 0 Å². The van der Waals surface area contributed by atoms with Gasteiger partial charge in [-0.2, -0.15) is 0 Å². The van der Waals surface area contributed by atoms with Crippen molar-refractivity contribution in [2.75, 3.05) is 31.1 Å². The van der Waals surface area contributed by atoms with E-state index in [4.69, 9.17) is 4.98 Å². The van der Waals surface area contributed by atoms with Crippen LogP contribution in [-0.2, 0) is 7.05 Å². The molecule has 5 heterocycles. The Balaban J connectivity index is 1.38. The van der Waals surface area contributed by atoms with Crippen LogP contribution >= 0.6 is 0 Å². The third-order valence-electron chi connectivity index (χ3n) is 6.77. The van der Waals surface area contributed by atoms with Crippen molar-refractivity contribution in [3.05, 3.63) is 47.1 Å². The highest BCUT2D eigenvalue weighted by atomic mass is 16.1. The molecule has 0 amide bonds. The first-order valence-corrected chi connectivity index (χ1v) is 10.2. The van der Waals surface area contributed by atoms with E-state index in [1.807, 2.05) is 24.7 Å². The van der Waals surface area contributed by atoms with Crippen molar-refractivity contribution in [2.24, 2.45) is 12.5 Å². The minimum Gasteiger partial charge on any atom is -0.357 e. The zero-order chi connectivity index (χ0) is 19.1. The highest BCUT2D eigenvalue weighted by Gasteiger charge is 2.35. The fraction of sp³-hybridized carbons (Fsp3) is 0.455. The van der Waals surface area contributed by atoms with Gasteiger partial charge >= 0.3 is 0 Å². The fourth-order valence-corrected chi connectivity index (χ4v) is 4.90. The van der Waals surface area contributed by atoms with E-state index >= 15 is 0 Å². The van der Waals surface area contributed by atoms with Crippen LogP contribution in [0.2, 0.25) is 0 Å². The molecule has 6 nitrogen and oxygen atoms in total. The second-order valence-electron chi connectivity index (χ2n) is 8.37. The first-order chi connectivity index (χ1) is 13.7. The lowest BCUT2D eigenvalue weighted by Gasteiger charge is -2.44. The number of nitrogens with zero attached hydrogens (tertiary/aromatic N) is 3. The normalized spacial score (nSPS) is 19.4. The van der Waals surface area contributed by atoms with E-state index in [9.17, 15) is 4.79 Å². The summed E-state index contributed by atoms with van der Waals surface area (Å²) in [7, 11) is 1.79. The number of H-pyrrole nitrogens is 1. The summed E-state index contributed by atoms with van der Waals surface area (Å²) >= 11 is 0. The monoisotopic (exact) mass is 377 g/mol. The van der Waals surface area contributed by atoms with Crippen molar-refractivity contribution in [3.8, 4) is 11.1 Å². The summed E-state index contributed by atoms with van der Waals surface area (Å²) < 4.78 is 1.63. The zero-order valence-corrected chi connectivity index (χ0v) is 16.4. The van der Waals surface area contributed by atoms with Crippen molar-refractivity contribution in [1.82, 2.24) is 19.9 Å². The van der Waals surface area contributed by atoms with E-state index in [2.05, 4.69) is 27.3 Å². The fourth-order valence-electron chi connectivity index (χ4n) is 4.90. The van der Waals surface area contributed by atoms with Gasteiger partial charge in [-0.05, 0) is 62.4 Å². The van der Waals surface area contributed by atoms with Crippen LogP contribution in [0.5, 0.6) is 0 Å². The molecule has 3 aromatic rings. The number of fused-ring (bicyclic) bond motifs is 1. The Morgan fingerprint density at radius 2 is 1.86 bits per heavy atom. The lowest BCUT2D eigenvalue weighted by molar-refractivity contribution is 0.154. The summed E-state index contributed by atoms with van der Waals surface area (Å²) in [5.74, 6) is 1.06. The summed E-state index contributed by atoms with van der Waals surface area (Å²) in [6, 6.07) is 6.21. The Hall–Kier alpha value is -2.60. The molecule has 1 spiro atoms. The van der Waals surface area contributed by atoms with Gasteiger partial charge in [0.25, 0.3) is 5.56 Å². The molecular weight excluding hydrogens is 350 g/mol. The van der Waals surface area contributed by atoms with Gasteiger partial charge < -0.3 is 19.8 Å². The quantitative estimate of drug-likeness (QED) is 0.721. The Morgan fingerprint density at radius 3 is 2.57 bits per heavy atom. The largest absolute Gasteiger partial charge is 0.357 e. The molecular formula is C22H27N5O. The smallest absolute Gasteiger partial charge is 0.274 e. The standard InChI is InChI=1S/C22H27N5O/c1-26-15-18(17-4-9-24-20(17)21(26)28)16-2-3-19(25-14-16)27-12-7-22(8-13-27)5-10-23-11-6-22/h2-4,9,14-15,23-24H,5-8,10-13H2,1H3. The molecule has 2 N–H and O–H groups in total. The van der Waals surface area contributed by atoms with Crippen molar-refractivity contribution in [2.45, 2.75) is 25.7 Å². The average Bonchev–Trinajstić information content (AvgIpc) is 3.22. The van der Waals surface area contributed by atoms with Gasteiger partial charge in [0.05, 0.1) is 0 Å². The van der Waals surface area contributed by atoms with E-state index in [0.29, 0.717) is 10.9 Å². The number of hydrogen-bond acceptors (Lipinski definition) is 4. The molecule has 0 radical (unpaired) electrons. The van der Waals surface area contributed by atoms with Gasteiger partial charge in [-0.1, -0.05) is 0 Å². The summed E-state index contributed by atoms with van der Waals surface area (Å²) in [6.45, 7) is 4.52. The summed E-state index contributed by atoms with van der Waals surface area (Å²) in [5, 5.41) is 4.44. The number of aryl methyl sites for hydroxylation is 1. The Bertz CT molecular complexity index is 1030. The number of piperidine rings is 2. The molecule has 28 heavy (non-hydrogen) atoms. The number of aromatic nitrogens is 3. The van der Waals surface area contributed by atoms with Gasteiger partial charge in [0.2, 0.25) is 0 Å². The maximum atomic E-state index is 12.3. The lowest BCUT2D eigenvalue weighted by Crippen LogP contribution is -2.45. The second kappa shape index (κ2) is 6.78. The van der Waals surface area contributed by atoms with Crippen LogP contribution in [0.3, 0.4) is 0 Å². The van der Waals surface area contributed by atoms with Crippen molar-refractivity contribution in [1.29, 1.82) is 0 Å². The lowest BCUT2D eigenvalue weighted by atomic mass is 9.71. The van der Waals surface area contributed by atoms with E-state index in [1.165, 1.54) is 38.8 Å². The highest BCUT2D eigenvalue weighted by Crippen LogP contribution is 2.40. The second-order valence-corrected chi connectivity index (χ2v) is 8.37. The van der Waals surface area contributed by atoms with Crippen LogP contribution in [0, 0.1) is 5.41 Å². The third kappa shape index (κ3) is 2.92. The molecule has 0 unspecified atom stereocenters. The van der Waals surface area contributed by atoms with E-state index in [0.717, 1.165) is 35.4 Å². The Labute approximate surface area is 164 Å². The number of rotatable bonds is 2. The number of hydrogen-bond donors (Lipinski definition) is 2. The van der Waals surface area contributed by atoms with Gasteiger partial charge in [0, 0.05) is 55.2 Å². The van der Waals surface area contributed by atoms with Gasteiger partial charge in [0.15, 0.2) is 0 Å². The zero-order valence-electron chi connectivity index (χ0n) is 16.4. The third-order valence-corrected chi connectivity index (χ3v) is 6.77. The first-order valence-electron chi connectivity index (χ1n) is 10.2. The van der Waals surface area contributed by atoms with E-state index in [-0.39, 0.29) is 5.56 Å². The summed E-state index contributed by atoms with van der Waals surface area (Å²) in [4.78, 5) is 22.5. The van der Waals surface area contributed by atoms with Gasteiger partial charge in [-0.15, -0.1) is 0 Å². The molecule has 146 valence electrons. The molecule has 0 bridgehead atoms. The molecule has 0 atom stereocenters. The SMILES string of the molecule is Cn1cc(-c2ccc(N3CCC4(CCNCC4)CC3)nc2)c2cc[nH]c2c1=O. The van der Waals surface area contributed by atoms with Crippen molar-refractivity contribution in [3.63, 3.8) is 0 Å². The van der Waals surface area contributed by atoms with Gasteiger partial charge in [-0.3, -0.25) is 4.79 Å². The molecule has 5 rings (SSSR count). The molecule has 0 saturated carbocycles. The van der Waals surface area contributed by atoms with Gasteiger partial charge in [0.1, 0.15) is 11.3 Å². The van der Waals surface area contributed by atoms with Gasteiger partial charge in [-0.25, -0.2) is 4.98 Å². The molecule has 6 heteroatoms. The first kappa shape index (κ1) is 17.5. The molecule has 0 aromatic carbocycles. The van der Waals surface area contributed by atoms with Crippen LogP contribution in [-0.4, -0.2) is 40.7 Å². The predicted molar refractivity (Wildman–Crippen MR) is 113 cm³/mol. The van der Waals surface area contributed by atoms with Crippen LogP contribution < -0.4 is 15.8 Å². The predicted octanol–water partition coefficient (Wildman–Crippen LogP) is 2.90. The molecule has 2 saturated heterocycles. The van der Waals surface area contributed by atoms with Crippen molar-refractivity contribution >= 4 is 16.7 Å². The highest BCUT2D eigenvalue weighted by molar-refractivity contribution is 5.94.